The molecule has 70 valence electrons. The minimum Gasteiger partial charge on any atom is -0.482 e. The van der Waals surface area contributed by atoms with E-state index in [0.29, 0.717) is 12.3 Å². The fraction of sp³-hybridized carbons (Fsp3) is 0.286. The molecule has 0 spiro atoms. The molecule has 0 bridgehead atoms. The first-order chi connectivity index (χ1) is 6.34. The highest BCUT2D eigenvalue weighted by Crippen LogP contribution is 1.89. The van der Waals surface area contributed by atoms with Crippen LogP contribution in [0.4, 0.5) is 0 Å². The van der Waals surface area contributed by atoms with Gasteiger partial charge in [-0.1, -0.05) is 0 Å². The number of aromatic nitrogens is 2. The van der Waals surface area contributed by atoms with E-state index >= 15 is 0 Å². The monoisotopic (exact) mass is 182 g/mol. The van der Waals surface area contributed by atoms with Crippen LogP contribution in [0.25, 0.3) is 0 Å². The molecule has 0 saturated carbocycles. The number of hydrogen-bond donors (Lipinski definition) is 2. The predicted octanol–water partition coefficient (Wildman–Crippen LogP) is 0.119. The first-order valence-electron chi connectivity index (χ1n) is 3.77. The van der Waals surface area contributed by atoms with Crippen molar-refractivity contribution < 1.29 is 9.53 Å². The van der Waals surface area contributed by atoms with E-state index in [4.69, 9.17) is 4.74 Å². The topological polar surface area (TPSA) is 79.4 Å². The van der Waals surface area contributed by atoms with E-state index in [1.54, 1.807) is 6.07 Å². The van der Waals surface area contributed by atoms with E-state index in [0.717, 1.165) is 0 Å². The Morgan fingerprint density at radius 2 is 2.77 bits per heavy atom. The maximum absolute atomic E-state index is 11.1. The molecule has 6 heteroatoms. The highest BCUT2D eigenvalue weighted by molar-refractivity contribution is 5.92. The molecule has 0 saturated heterocycles. The minimum atomic E-state index is -0.353. The molecule has 1 aromatic heterocycles. The van der Waals surface area contributed by atoms with Gasteiger partial charge in [-0.25, -0.2) is 5.43 Å². The fourth-order valence-electron chi connectivity index (χ4n) is 0.639. The lowest BCUT2D eigenvalue weighted by atomic mass is 10.4. The smallest absolute Gasteiger partial charge is 0.289 e. The normalized spacial score (nSPS) is 10.2. The SMILES string of the molecule is CCO/C=N/NC(=O)c1ccn[nH]1. The number of nitrogens with zero attached hydrogens (tertiary/aromatic N) is 2. The lowest BCUT2D eigenvalue weighted by molar-refractivity contribution is 0.0948. The Bertz CT molecular complexity index is 281. The summed E-state index contributed by atoms with van der Waals surface area (Å²) in [7, 11) is 0. The summed E-state index contributed by atoms with van der Waals surface area (Å²) in [6.45, 7) is 2.34. The standard InChI is InChI=1S/C7H10N4O2/c1-2-13-5-9-11-7(12)6-3-4-8-10-6/h3-5H,2H2,1H3,(H,8,10)(H,11,12)/b9-5+. The number of carbonyl (C=O) groups excluding carboxylic acids is 1. The Balaban J connectivity index is 2.34. The highest BCUT2D eigenvalue weighted by atomic mass is 16.5. The summed E-state index contributed by atoms with van der Waals surface area (Å²) < 4.78 is 4.77. The fourth-order valence-corrected chi connectivity index (χ4v) is 0.639. The summed E-state index contributed by atoms with van der Waals surface area (Å²) in [5.74, 6) is -0.353. The Morgan fingerprint density at radius 1 is 1.92 bits per heavy atom. The number of aromatic amines is 1. The molecule has 0 aromatic carbocycles. The average Bonchev–Trinajstić information content (AvgIpc) is 2.65. The van der Waals surface area contributed by atoms with Crippen LogP contribution in [0.15, 0.2) is 17.4 Å². The van der Waals surface area contributed by atoms with E-state index < -0.39 is 0 Å². The van der Waals surface area contributed by atoms with Gasteiger partial charge in [-0.15, -0.1) is 5.10 Å². The van der Waals surface area contributed by atoms with Gasteiger partial charge in [0.1, 0.15) is 5.69 Å². The van der Waals surface area contributed by atoms with Gasteiger partial charge in [0.25, 0.3) is 5.91 Å². The number of rotatable bonds is 4. The van der Waals surface area contributed by atoms with Crippen LogP contribution in [0.5, 0.6) is 0 Å². The zero-order valence-electron chi connectivity index (χ0n) is 7.15. The van der Waals surface area contributed by atoms with E-state index in [-0.39, 0.29) is 5.91 Å². The molecule has 1 aromatic rings. The lowest BCUT2D eigenvalue weighted by Gasteiger charge is -1.95. The number of hydrogen-bond acceptors (Lipinski definition) is 4. The van der Waals surface area contributed by atoms with Crippen LogP contribution in [-0.2, 0) is 4.74 Å². The Labute approximate surface area is 75.0 Å². The quantitative estimate of drug-likeness (QED) is 0.394. The van der Waals surface area contributed by atoms with Gasteiger partial charge in [0.2, 0.25) is 0 Å². The first kappa shape index (κ1) is 9.24. The molecule has 0 atom stereocenters. The van der Waals surface area contributed by atoms with E-state index in [1.807, 2.05) is 6.92 Å². The first-order valence-corrected chi connectivity index (χ1v) is 3.77. The van der Waals surface area contributed by atoms with Crippen LogP contribution >= 0.6 is 0 Å². The van der Waals surface area contributed by atoms with Crippen molar-refractivity contribution in [2.75, 3.05) is 6.61 Å². The van der Waals surface area contributed by atoms with Crippen molar-refractivity contribution in [3.05, 3.63) is 18.0 Å². The summed E-state index contributed by atoms with van der Waals surface area (Å²) >= 11 is 0. The molecule has 2 N–H and O–H groups in total. The van der Waals surface area contributed by atoms with Crippen LogP contribution in [-0.4, -0.2) is 29.1 Å². The average molecular weight is 182 g/mol. The van der Waals surface area contributed by atoms with Gasteiger partial charge in [-0.05, 0) is 13.0 Å². The zero-order chi connectivity index (χ0) is 9.52. The van der Waals surface area contributed by atoms with Crippen molar-refractivity contribution in [2.24, 2.45) is 5.10 Å². The summed E-state index contributed by atoms with van der Waals surface area (Å²) in [5.41, 5.74) is 2.61. The molecule has 6 nitrogen and oxygen atoms in total. The van der Waals surface area contributed by atoms with Crippen molar-refractivity contribution >= 4 is 12.3 Å². The highest BCUT2D eigenvalue weighted by Gasteiger charge is 2.03. The second-order valence-electron chi connectivity index (χ2n) is 2.10. The summed E-state index contributed by atoms with van der Waals surface area (Å²) in [6, 6.07) is 1.55. The lowest BCUT2D eigenvalue weighted by Crippen LogP contribution is -2.18. The van der Waals surface area contributed by atoms with E-state index in [9.17, 15) is 4.79 Å². The van der Waals surface area contributed by atoms with Crippen molar-refractivity contribution in [1.82, 2.24) is 15.6 Å². The molecule has 0 aliphatic rings. The van der Waals surface area contributed by atoms with Crippen LogP contribution < -0.4 is 5.43 Å². The molecule has 1 rings (SSSR count). The number of hydrazone groups is 1. The van der Waals surface area contributed by atoms with Gasteiger partial charge in [-0.2, -0.15) is 5.10 Å². The molecule has 0 fully saturated rings. The third kappa shape index (κ3) is 2.94. The molecule has 1 heterocycles. The molecule has 0 aliphatic carbocycles. The van der Waals surface area contributed by atoms with E-state index in [1.165, 1.54) is 12.6 Å². The maximum atomic E-state index is 11.1. The molecular weight excluding hydrogens is 172 g/mol. The van der Waals surface area contributed by atoms with Gasteiger partial charge in [0.15, 0.2) is 6.40 Å². The summed E-state index contributed by atoms with van der Waals surface area (Å²) in [6.07, 6.45) is 2.66. The summed E-state index contributed by atoms with van der Waals surface area (Å²) in [4.78, 5) is 11.1. The molecular formula is C7H10N4O2. The van der Waals surface area contributed by atoms with Crippen LogP contribution in [0.1, 0.15) is 17.4 Å². The maximum Gasteiger partial charge on any atom is 0.289 e. The van der Waals surface area contributed by atoms with Crippen molar-refractivity contribution in [3.8, 4) is 0 Å². The van der Waals surface area contributed by atoms with Crippen LogP contribution in [0, 0.1) is 0 Å². The number of nitrogens with one attached hydrogen (secondary N) is 2. The second kappa shape index (κ2) is 4.91. The molecule has 1 amide bonds. The number of carbonyl (C=O) groups is 1. The van der Waals surface area contributed by atoms with E-state index in [2.05, 4.69) is 20.7 Å². The molecule has 13 heavy (non-hydrogen) atoms. The van der Waals surface area contributed by atoms with Crippen molar-refractivity contribution in [2.45, 2.75) is 6.92 Å². The van der Waals surface area contributed by atoms with Gasteiger partial charge < -0.3 is 4.74 Å². The van der Waals surface area contributed by atoms with Crippen LogP contribution in [0.3, 0.4) is 0 Å². The predicted molar refractivity (Wildman–Crippen MR) is 46.2 cm³/mol. The molecule has 0 unspecified atom stereocenters. The minimum absolute atomic E-state index is 0.353. The Kier molecular flexibility index (Phi) is 3.49. The number of amides is 1. The molecule has 0 radical (unpaired) electrons. The van der Waals surface area contributed by atoms with Crippen molar-refractivity contribution in [3.63, 3.8) is 0 Å². The molecule has 0 aliphatic heterocycles. The van der Waals surface area contributed by atoms with Gasteiger partial charge >= 0.3 is 0 Å². The summed E-state index contributed by atoms with van der Waals surface area (Å²) in [5, 5.41) is 9.64. The largest absolute Gasteiger partial charge is 0.482 e. The Hall–Kier alpha value is -1.85. The Morgan fingerprint density at radius 3 is 3.38 bits per heavy atom. The number of ether oxygens (including phenoxy) is 1. The van der Waals surface area contributed by atoms with Crippen LogP contribution in [0.2, 0.25) is 0 Å². The number of H-pyrrole nitrogens is 1. The van der Waals surface area contributed by atoms with Gasteiger partial charge in [0, 0.05) is 6.20 Å². The third-order valence-corrected chi connectivity index (χ3v) is 1.21. The zero-order valence-corrected chi connectivity index (χ0v) is 7.15. The van der Waals surface area contributed by atoms with Gasteiger partial charge in [0.05, 0.1) is 6.61 Å². The third-order valence-electron chi connectivity index (χ3n) is 1.21. The second-order valence-corrected chi connectivity index (χ2v) is 2.10. The van der Waals surface area contributed by atoms with Gasteiger partial charge in [-0.3, -0.25) is 9.89 Å². The van der Waals surface area contributed by atoms with Crippen molar-refractivity contribution in [1.29, 1.82) is 0 Å².